The Morgan fingerprint density at radius 1 is 1.30 bits per heavy atom. The van der Waals surface area contributed by atoms with Gasteiger partial charge in [0.2, 0.25) is 5.91 Å². The van der Waals surface area contributed by atoms with Crippen LogP contribution < -0.4 is 5.32 Å². The summed E-state index contributed by atoms with van der Waals surface area (Å²) in [5.41, 5.74) is 1.13. The molecule has 1 atom stereocenters. The molecule has 0 bridgehead atoms. The fourth-order valence-corrected chi connectivity index (χ4v) is 2.34. The highest BCUT2D eigenvalue weighted by Crippen LogP contribution is 2.19. The molecule has 0 fully saturated rings. The first-order valence-corrected chi connectivity index (χ1v) is 7.55. The summed E-state index contributed by atoms with van der Waals surface area (Å²) in [4.78, 5) is 12.0. The summed E-state index contributed by atoms with van der Waals surface area (Å²) < 4.78 is 6.27. The minimum atomic E-state index is 0.0520. The summed E-state index contributed by atoms with van der Waals surface area (Å²) in [5.74, 6) is 0.896. The molecule has 0 aliphatic rings. The van der Waals surface area contributed by atoms with Crippen LogP contribution in [0.2, 0.25) is 0 Å². The standard InChI is InChI=1S/C16H18BrNO2/c1-2-15(12-5-7-13(17)8-6-12)18-16(19)10-9-14-4-3-11-20-14/h3-8,11,15H,2,9-10H2,1H3,(H,18,19). The van der Waals surface area contributed by atoms with Gasteiger partial charge in [-0.2, -0.15) is 0 Å². The number of furan rings is 1. The first kappa shape index (κ1) is 14.9. The van der Waals surface area contributed by atoms with Crippen molar-refractivity contribution in [1.82, 2.24) is 5.32 Å². The molecule has 0 spiro atoms. The van der Waals surface area contributed by atoms with Crippen LogP contribution in [0.4, 0.5) is 0 Å². The van der Waals surface area contributed by atoms with Crippen LogP contribution in [0.5, 0.6) is 0 Å². The maximum absolute atomic E-state index is 12.0. The van der Waals surface area contributed by atoms with Gasteiger partial charge >= 0.3 is 0 Å². The Morgan fingerprint density at radius 2 is 2.05 bits per heavy atom. The SMILES string of the molecule is CCC(NC(=O)CCc1ccco1)c1ccc(Br)cc1. The number of aryl methyl sites for hydroxylation is 1. The van der Waals surface area contributed by atoms with Gasteiger partial charge in [0.05, 0.1) is 12.3 Å². The van der Waals surface area contributed by atoms with Crippen LogP contribution in [-0.2, 0) is 11.2 Å². The van der Waals surface area contributed by atoms with Crippen molar-refractivity contribution in [3.63, 3.8) is 0 Å². The van der Waals surface area contributed by atoms with E-state index in [-0.39, 0.29) is 11.9 Å². The van der Waals surface area contributed by atoms with Gasteiger partial charge in [-0.05, 0) is 36.2 Å². The van der Waals surface area contributed by atoms with Crippen molar-refractivity contribution >= 4 is 21.8 Å². The second-order valence-electron chi connectivity index (χ2n) is 4.66. The van der Waals surface area contributed by atoms with Gasteiger partial charge in [0.15, 0.2) is 0 Å². The molecule has 0 saturated heterocycles. The van der Waals surface area contributed by atoms with Crippen molar-refractivity contribution < 1.29 is 9.21 Å². The molecule has 1 aromatic carbocycles. The molecule has 20 heavy (non-hydrogen) atoms. The molecule has 0 aliphatic carbocycles. The van der Waals surface area contributed by atoms with Crippen molar-refractivity contribution in [2.75, 3.05) is 0 Å². The zero-order valence-electron chi connectivity index (χ0n) is 11.4. The largest absolute Gasteiger partial charge is 0.469 e. The van der Waals surface area contributed by atoms with Crippen molar-refractivity contribution in [3.05, 3.63) is 58.5 Å². The van der Waals surface area contributed by atoms with Crippen LogP contribution >= 0.6 is 15.9 Å². The summed E-state index contributed by atoms with van der Waals surface area (Å²) >= 11 is 3.42. The Balaban J connectivity index is 1.89. The van der Waals surface area contributed by atoms with Crippen LogP contribution in [0.25, 0.3) is 0 Å². The second kappa shape index (κ2) is 7.29. The van der Waals surface area contributed by atoms with Gasteiger partial charge in [-0.15, -0.1) is 0 Å². The maximum Gasteiger partial charge on any atom is 0.220 e. The Hall–Kier alpha value is -1.55. The van der Waals surface area contributed by atoms with E-state index in [2.05, 4.69) is 28.2 Å². The number of hydrogen-bond donors (Lipinski definition) is 1. The van der Waals surface area contributed by atoms with Crippen molar-refractivity contribution in [2.45, 2.75) is 32.2 Å². The number of rotatable bonds is 6. The van der Waals surface area contributed by atoms with Crippen molar-refractivity contribution in [2.24, 2.45) is 0 Å². The summed E-state index contributed by atoms with van der Waals surface area (Å²) in [6.45, 7) is 2.07. The molecule has 0 saturated carbocycles. The molecular weight excluding hydrogens is 318 g/mol. The minimum Gasteiger partial charge on any atom is -0.469 e. The van der Waals surface area contributed by atoms with E-state index in [0.29, 0.717) is 12.8 Å². The third kappa shape index (κ3) is 4.23. The lowest BCUT2D eigenvalue weighted by Crippen LogP contribution is -2.28. The van der Waals surface area contributed by atoms with Crippen molar-refractivity contribution in [1.29, 1.82) is 0 Å². The Bertz CT molecular complexity index is 534. The Labute approximate surface area is 127 Å². The van der Waals surface area contributed by atoms with Gasteiger partial charge in [-0.1, -0.05) is 35.0 Å². The molecule has 1 heterocycles. The third-order valence-electron chi connectivity index (χ3n) is 3.19. The highest BCUT2D eigenvalue weighted by atomic mass is 79.9. The predicted octanol–water partition coefficient (Wildman–Crippen LogP) is 4.24. The van der Waals surface area contributed by atoms with E-state index >= 15 is 0 Å². The number of benzene rings is 1. The second-order valence-corrected chi connectivity index (χ2v) is 5.57. The van der Waals surface area contributed by atoms with Crippen LogP contribution in [0.15, 0.2) is 51.6 Å². The Kier molecular flexibility index (Phi) is 5.41. The molecule has 0 radical (unpaired) electrons. The average molecular weight is 336 g/mol. The number of nitrogens with one attached hydrogen (secondary N) is 1. The predicted molar refractivity (Wildman–Crippen MR) is 82.3 cm³/mol. The van der Waals surface area contributed by atoms with E-state index in [9.17, 15) is 4.79 Å². The average Bonchev–Trinajstić information content (AvgIpc) is 2.97. The molecule has 2 aromatic rings. The first-order chi connectivity index (χ1) is 9.69. The summed E-state index contributed by atoms with van der Waals surface area (Å²) in [6.07, 6.45) is 3.58. The summed E-state index contributed by atoms with van der Waals surface area (Å²) in [5, 5.41) is 3.07. The smallest absolute Gasteiger partial charge is 0.220 e. The van der Waals surface area contributed by atoms with Gasteiger partial charge in [-0.3, -0.25) is 4.79 Å². The number of halogens is 1. The van der Waals surface area contributed by atoms with Crippen molar-refractivity contribution in [3.8, 4) is 0 Å². The molecule has 2 rings (SSSR count). The fourth-order valence-electron chi connectivity index (χ4n) is 2.07. The highest BCUT2D eigenvalue weighted by Gasteiger charge is 2.12. The van der Waals surface area contributed by atoms with E-state index in [4.69, 9.17) is 4.42 Å². The first-order valence-electron chi connectivity index (χ1n) is 6.76. The molecule has 0 aliphatic heterocycles. The van der Waals surface area contributed by atoms with Gasteiger partial charge < -0.3 is 9.73 Å². The molecule has 1 amide bonds. The third-order valence-corrected chi connectivity index (χ3v) is 3.72. The van der Waals surface area contributed by atoms with Crippen LogP contribution in [-0.4, -0.2) is 5.91 Å². The molecule has 1 N–H and O–H groups in total. The molecule has 106 valence electrons. The molecule has 4 heteroatoms. The molecule has 3 nitrogen and oxygen atoms in total. The van der Waals surface area contributed by atoms with Gasteiger partial charge in [0.1, 0.15) is 5.76 Å². The summed E-state index contributed by atoms with van der Waals surface area (Å²) in [6, 6.07) is 11.8. The maximum atomic E-state index is 12.0. The zero-order chi connectivity index (χ0) is 14.4. The zero-order valence-corrected chi connectivity index (χ0v) is 13.0. The number of carbonyl (C=O) groups excluding carboxylic acids is 1. The van der Waals surface area contributed by atoms with Gasteiger partial charge in [-0.25, -0.2) is 0 Å². The number of carbonyl (C=O) groups is 1. The van der Waals surface area contributed by atoms with Gasteiger partial charge in [0, 0.05) is 17.3 Å². The lowest BCUT2D eigenvalue weighted by atomic mass is 10.0. The van der Waals surface area contributed by atoms with E-state index in [1.807, 2.05) is 36.4 Å². The van der Waals surface area contributed by atoms with E-state index in [0.717, 1.165) is 22.2 Å². The topological polar surface area (TPSA) is 42.2 Å². The lowest BCUT2D eigenvalue weighted by molar-refractivity contribution is -0.121. The summed E-state index contributed by atoms with van der Waals surface area (Å²) in [7, 11) is 0. The number of amides is 1. The van der Waals surface area contributed by atoms with Crippen LogP contribution in [0, 0.1) is 0 Å². The van der Waals surface area contributed by atoms with Gasteiger partial charge in [0.25, 0.3) is 0 Å². The molecule has 1 unspecified atom stereocenters. The van der Waals surface area contributed by atoms with E-state index in [1.54, 1.807) is 6.26 Å². The van der Waals surface area contributed by atoms with Crippen LogP contribution in [0.3, 0.4) is 0 Å². The van der Waals surface area contributed by atoms with E-state index < -0.39 is 0 Å². The quantitative estimate of drug-likeness (QED) is 0.857. The van der Waals surface area contributed by atoms with Crippen LogP contribution in [0.1, 0.15) is 37.1 Å². The highest BCUT2D eigenvalue weighted by molar-refractivity contribution is 9.10. The van der Waals surface area contributed by atoms with E-state index in [1.165, 1.54) is 0 Å². The molecular formula is C16H18BrNO2. The lowest BCUT2D eigenvalue weighted by Gasteiger charge is -2.17. The molecule has 1 aromatic heterocycles. The minimum absolute atomic E-state index is 0.0520. The fraction of sp³-hybridized carbons (Fsp3) is 0.312. The monoisotopic (exact) mass is 335 g/mol. The Morgan fingerprint density at radius 3 is 2.65 bits per heavy atom. The number of hydrogen-bond acceptors (Lipinski definition) is 2. The normalized spacial score (nSPS) is 12.1.